The van der Waals surface area contributed by atoms with Gasteiger partial charge in [-0.3, -0.25) is 9.79 Å². The lowest BCUT2D eigenvalue weighted by molar-refractivity contribution is -0.270. The van der Waals surface area contributed by atoms with Crippen LogP contribution >= 0.6 is 0 Å². The van der Waals surface area contributed by atoms with E-state index in [0.717, 1.165) is 0 Å². The molecule has 0 aliphatic carbocycles. The lowest BCUT2D eigenvalue weighted by Gasteiger charge is -2.10. The third-order valence-corrected chi connectivity index (χ3v) is 3.01. The number of hydrogen-bond donors (Lipinski definition) is 2. The van der Waals surface area contributed by atoms with E-state index in [0.29, 0.717) is 11.3 Å². The number of aliphatic imine (C=N–C) groups is 1. The molecule has 6 nitrogen and oxygen atoms in total. The molecular formula is C16H12NO5-. The summed E-state index contributed by atoms with van der Waals surface area (Å²) in [5.41, 5.74) is 1.10. The van der Waals surface area contributed by atoms with Crippen molar-refractivity contribution in [3.05, 3.63) is 53.6 Å². The first-order valence-electron chi connectivity index (χ1n) is 6.32. The molecule has 0 amide bonds. The van der Waals surface area contributed by atoms with Crippen LogP contribution in [-0.4, -0.2) is 27.7 Å². The maximum Gasteiger partial charge on any atom is 0.377 e. The average molecular weight is 298 g/mol. The molecule has 112 valence electrons. The number of rotatable bonds is 4. The highest BCUT2D eigenvalue weighted by atomic mass is 16.4. The van der Waals surface area contributed by atoms with Crippen molar-refractivity contribution in [2.45, 2.75) is 6.92 Å². The Balaban J connectivity index is 2.46. The van der Waals surface area contributed by atoms with Gasteiger partial charge in [-0.2, -0.15) is 0 Å². The number of carbonyl (C=O) groups is 2. The van der Waals surface area contributed by atoms with Crippen molar-refractivity contribution < 1.29 is 24.9 Å². The van der Waals surface area contributed by atoms with Crippen molar-refractivity contribution in [1.29, 1.82) is 0 Å². The smallest absolute Gasteiger partial charge is 0.377 e. The Kier molecular flexibility index (Phi) is 4.22. The van der Waals surface area contributed by atoms with Crippen LogP contribution in [0.3, 0.4) is 0 Å². The fourth-order valence-corrected chi connectivity index (χ4v) is 1.87. The predicted molar refractivity (Wildman–Crippen MR) is 77.8 cm³/mol. The van der Waals surface area contributed by atoms with Gasteiger partial charge in [0, 0.05) is 5.71 Å². The normalized spacial score (nSPS) is 11.2. The summed E-state index contributed by atoms with van der Waals surface area (Å²) in [7, 11) is 0. The van der Waals surface area contributed by atoms with E-state index < -0.39 is 23.3 Å². The van der Waals surface area contributed by atoms with Gasteiger partial charge in [0.25, 0.3) is 5.78 Å². The highest BCUT2D eigenvalue weighted by Crippen LogP contribution is 2.25. The molecule has 22 heavy (non-hydrogen) atoms. The third kappa shape index (κ3) is 3.12. The van der Waals surface area contributed by atoms with Crippen molar-refractivity contribution in [2.24, 2.45) is 4.99 Å². The number of carboxylic acids is 1. The number of phenolic OH excluding ortho intramolecular Hbond substituents is 1. The van der Waals surface area contributed by atoms with Gasteiger partial charge in [-0.05, 0) is 30.7 Å². The van der Waals surface area contributed by atoms with Crippen LogP contribution in [0.2, 0.25) is 0 Å². The largest absolute Gasteiger partial charge is 0.870 e. The minimum Gasteiger partial charge on any atom is -0.870 e. The molecule has 0 aliphatic rings. The molecule has 2 N–H and O–H groups in total. The highest BCUT2D eigenvalue weighted by molar-refractivity contribution is 6.41. The maximum absolute atomic E-state index is 11.6. The first kappa shape index (κ1) is 15.2. The first-order valence-corrected chi connectivity index (χ1v) is 6.32. The molecule has 0 radical (unpaired) electrons. The van der Waals surface area contributed by atoms with Gasteiger partial charge in [-0.25, -0.2) is 4.79 Å². The van der Waals surface area contributed by atoms with E-state index in [1.807, 2.05) is 0 Å². The minimum atomic E-state index is -1.56. The molecule has 0 aromatic heterocycles. The van der Waals surface area contributed by atoms with Crippen LogP contribution in [0.5, 0.6) is 11.5 Å². The molecule has 0 saturated heterocycles. The summed E-state index contributed by atoms with van der Waals surface area (Å²) < 4.78 is 0. The standard InChI is InChI=1S/C16H13NO5/c1-9(10-6-7-13(18)14(19)8-10)17-12-5-3-2-4-11(12)15(20)16(21)22/h2-8,18-19H,1H3,(H,21,22)/p-1. The number of aromatic hydroxyl groups is 1. The minimum absolute atomic E-state index is 0.0287. The fraction of sp³-hybridized carbons (Fsp3) is 0.0625. The molecule has 2 aromatic carbocycles. The highest BCUT2D eigenvalue weighted by Gasteiger charge is 2.18. The van der Waals surface area contributed by atoms with E-state index in [1.54, 1.807) is 19.1 Å². The number of Topliss-reactive ketones (excluding diaryl/α,β-unsaturated/α-hetero) is 1. The number of carboxylic acid groups (broad SMARTS) is 1. The average Bonchev–Trinajstić information content (AvgIpc) is 2.49. The molecule has 0 fully saturated rings. The fourth-order valence-electron chi connectivity index (χ4n) is 1.87. The Morgan fingerprint density at radius 3 is 2.45 bits per heavy atom. The summed E-state index contributed by atoms with van der Waals surface area (Å²) in [6, 6.07) is 10.0. The number of ketones is 1. The van der Waals surface area contributed by atoms with Gasteiger partial charge in [-0.1, -0.05) is 30.0 Å². The molecular weight excluding hydrogens is 286 g/mol. The van der Waals surface area contributed by atoms with Crippen LogP contribution < -0.4 is 5.11 Å². The molecule has 0 atom stereocenters. The SMILES string of the molecule is CC(=Nc1ccccc1C(=O)C(=O)O)c1ccc([O-])c(O)c1. The summed E-state index contributed by atoms with van der Waals surface area (Å²) in [5, 5.41) is 29.4. The second kappa shape index (κ2) is 6.09. The summed E-state index contributed by atoms with van der Waals surface area (Å²) in [4.78, 5) is 26.7. The molecule has 0 heterocycles. The van der Waals surface area contributed by atoms with Gasteiger partial charge in [0.15, 0.2) is 0 Å². The van der Waals surface area contributed by atoms with E-state index in [9.17, 15) is 19.8 Å². The molecule has 0 saturated carbocycles. The Hall–Kier alpha value is -3.15. The maximum atomic E-state index is 11.6. The zero-order valence-corrected chi connectivity index (χ0v) is 11.6. The number of carbonyl (C=O) groups excluding carboxylic acids is 1. The molecule has 2 rings (SSSR count). The Labute approximate surface area is 126 Å². The Morgan fingerprint density at radius 1 is 1.14 bits per heavy atom. The van der Waals surface area contributed by atoms with Crippen LogP contribution in [0.15, 0.2) is 47.5 Å². The van der Waals surface area contributed by atoms with Crippen molar-refractivity contribution >= 4 is 23.2 Å². The zero-order chi connectivity index (χ0) is 16.3. The lowest BCUT2D eigenvalue weighted by Crippen LogP contribution is -2.12. The van der Waals surface area contributed by atoms with E-state index in [4.69, 9.17) is 5.11 Å². The van der Waals surface area contributed by atoms with E-state index in [1.165, 1.54) is 30.3 Å². The lowest BCUT2D eigenvalue weighted by atomic mass is 10.1. The van der Waals surface area contributed by atoms with Crippen molar-refractivity contribution in [3.63, 3.8) is 0 Å². The molecule has 0 unspecified atom stereocenters. The van der Waals surface area contributed by atoms with Crippen LogP contribution in [0.25, 0.3) is 0 Å². The van der Waals surface area contributed by atoms with Crippen LogP contribution in [0.4, 0.5) is 5.69 Å². The van der Waals surface area contributed by atoms with Gasteiger partial charge in [0.1, 0.15) is 5.75 Å². The van der Waals surface area contributed by atoms with Crippen molar-refractivity contribution in [2.75, 3.05) is 0 Å². The topological polar surface area (TPSA) is 110 Å². The van der Waals surface area contributed by atoms with Crippen molar-refractivity contribution in [3.8, 4) is 11.5 Å². The number of benzene rings is 2. The first-order chi connectivity index (χ1) is 10.4. The predicted octanol–water partition coefficient (Wildman–Crippen LogP) is 1.87. The van der Waals surface area contributed by atoms with E-state index in [-0.39, 0.29) is 11.3 Å². The molecule has 0 aliphatic heterocycles. The zero-order valence-electron chi connectivity index (χ0n) is 11.6. The second-order valence-corrected chi connectivity index (χ2v) is 4.53. The molecule has 0 bridgehead atoms. The van der Waals surface area contributed by atoms with E-state index in [2.05, 4.69) is 4.99 Å². The van der Waals surface area contributed by atoms with Crippen LogP contribution in [0, 0.1) is 0 Å². The molecule has 2 aromatic rings. The van der Waals surface area contributed by atoms with Gasteiger partial charge in [0.05, 0.1) is 11.3 Å². The second-order valence-electron chi connectivity index (χ2n) is 4.53. The Morgan fingerprint density at radius 2 is 1.82 bits per heavy atom. The summed E-state index contributed by atoms with van der Waals surface area (Å²) in [6.07, 6.45) is 0. The quantitative estimate of drug-likeness (QED) is 0.508. The third-order valence-electron chi connectivity index (χ3n) is 3.01. The van der Waals surface area contributed by atoms with E-state index >= 15 is 0 Å². The number of hydrogen-bond acceptors (Lipinski definition) is 5. The summed E-state index contributed by atoms with van der Waals surface area (Å²) in [6.45, 7) is 1.63. The van der Waals surface area contributed by atoms with Crippen LogP contribution in [0.1, 0.15) is 22.8 Å². The number of para-hydroxylation sites is 1. The van der Waals surface area contributed by atoms with Gasteiger partial charge in [-0.15, -0.1) is 0 Å². The Bertz CT molecular complexity index is 780. The van der Waals surface area contributed by atoms with Gasteiger partial charge >= 0.3 is 5.97 Å². The monoisotopic (exact) mass is 298 g/mol. The summed E-state index contributed by atoms with van der Waals surface area (Å²) >= 11 is 0. The van der Waals surface area contributed by atoms with Gasteiger partial charge < -0.3 is 15.3 Å². The number of phenols is 1. The molecule has 0 spiro atoms. The molecule has 6 heteroatoms. The van der Waals surface area contributed by atoms with Crippen LogP contribution in [-0.2, 0) is 4.79 Å². The van der Waals surface area contributed by atoms with Gasteiger partial charge in [0.2, 0.25) is 0 Å². The summed E-state index contributed by atoms with van der Waals surface area (Å²) in [5.74, 6) is -3.52. The number of nitrogens with zero attached hydrogens (tertiary/aromatic N) is 1. The van der Waals surface area contributed by atoms with Crippen molar-refractivity contribution in [1.82, 2.24) is 0 Å². The number of aliphatic carboxylic acids is 1.